The number of aromatic nitrogens is 4. The van der Waals surface area contributed by atoms with Gasteiger partial charge in [-0.3, -0.25) is 19.0 Å². The lowest BCUT2D eigenvalue weighted by Crippen LogP contribution is -2.66. The van der Waals surface area contributed by atoms with Crippen molar-refractivity contribution in [2.24, 2.45) is 0 Å². The van der Waals surface area contributed by atoms with Crippen LogP contribution < -0.4 is 5.73 Å². The minimum absolute atomic E-state index is 0.00814. The third kappa shape index (κ3) is 2.95. The highest BCUT2D eigenvalue weighted by Gasteiger charge is 2.72. The van der Waals surface area contributed by atoms with Gasteiger partial charge in [0.1, 0.15) is 18.2 Å². The van der Waals surface area contributed by atoms with E-state index in [1.807, 2.05) is 0 Å². The van der Waals surface area contributed by atoms with Crippen LogP contribution in [0.25, 0.3) is 11.2 Å². The Morgan fingerprint density at radius 3 is 2.41 bits per heavy atom. The number of esters is 1. The maximum atomic E-state index is 12.5. The largest absolute Gasteiger partial charge is 0.463 e. The van der Waals surface area contributed by atoms with Gasteiger partial charge in [0, 0.05) is 6.92 Å². The van der Waals surface area contributed by atoms with E-state index in [2.05, 4.69) is 15.0 Å². The summed E-state index contributed by atoms with van der Waals surface area (Å²) in [6.45, 7) is 2.47. The maximum Gasteiger partial charge on any atom is 0.302 e. The Hall–Kier alpha value is -2.67. The Labute approximate surface area is 168 Å². The number of rotatable bonds is 5. The summed E-state index contributed by atoms with van der Waals surface area (Å²) >= 11 is 6.00. The number of halogens is 1. The molecule has 13 heteroatoms. The molecule has 156 valence electrons. The normalized spacial score (nSPS) is 29.2. The van der Waals surface area contributed by atoms with Crippen LogP contribution in [0.15, 0.2) is 6.33 Å². The first-order chi connectivity index (χ1) is 13.4. The van der Waals surface area contributed by atoms with E-state index in [4.69, 9.17) is 26.8 Å². The topological polar surface area (TPSA) is 180 Å². The summed E-state index contributed by atoms with van der Waals surface area (Å²) in [6, 6.07) is 0. The van der Waals surface area contributed by atoms with Crippen molar-refractivity contribution in [2.75, 3.05) is 12.3 Å². The number of anilines is 1. The van der Waals surface area contributed by atoms with Gasteiger partial charge in [-0.25, -0.2) is 4.98 Å². The minimum atomic E-state index is -2.76. The fourth-order valence-corrected chi connectivity index (χ4v) is 3.63. The fraction of sp³-hybridized carbons (Fsp3) is 0.500. The van der Waals surface area contributed by atoms with Crippen molar-refractivity contribution in [2.45, 2.75) is 44.3 Å². The number of nitrogens with zero attached hydrogens (tertiary/aromatic N) is 4. The monoisotopic (exact) mass is 427 g/mol. The molecule has 0 aromatic carbocycles. The van der Waals surface area contributed by atoms with Gasteiger partial charge in [0.25, 0.3) is 0 Å². The number of hydrogen-bond donors (Lipinski definition) is 3. The number of nitrogens with two attached hydrogens (primary N) is 1. The molecule has 1 saturated heterocycles. The lowest BCUT2D eigenvalue weighted by Gasteiger charge is -2.37. The molecular formula is C16H18ClN5O7. The Morgan fingerprint density at radius 1 is 1.24 bits per heavy atom. The van der Waals surface area contributed by atoms with Crippen LogP contribution >= 0.6 is 11.6 Å². The highest BCUT2D eigenvalue weighted by Crippen LogP contribution is 2.48. The van der Waals surface area contributed by atoms with Crippen LogP contribution in [0.1, 0.15) is 27.0 Å². The van der Waals surface area contributed by atoms with Gasteiger partial charge in [-0.1, -0.05) is 11.6 Å². The smallest absolute Gasteiger partial charge is 0.302 e. The van der Waals surface area contributed by atoms with Crippen molar-refractivity contribution in [3.05, 3.63) is 11.5 Å². The Balaban J connectivity index is 2.22. The molecule has 0 unspecified atom stereocenters. The van der Waals surface area contributed by atoms with E-state index in [9.17, 15) is 24.6 Å². The number of imidazole rings is 1. The quantitative estimate of drug-likeness (QED) is 0.400. The zero-order valence-corrected chi connectivity index (χ0v) is 16.4. The molecule has 2 aromatic heterocycles. The minimum Gasteiger partial charge on any atom is -0.463 e. The molecule has 1 aliphatic heterocycles. The number of ketones is 2. The second-order valence-electron chi connectivity index (χ2n) is 6.62. The zero-order chi connectivity index (χ0) is 21.7. The number of aliphatic hydroxyl groups is 2. The number of carbonyl (C=O) groups excluding carboxylic acids is 3. The highest BCUT2D eigenvalue weighted by molar-refractivity contribution is 6.33. The van der Waals surface area contributed by atoms with E-state index in [0.717, 1.165) is 31.7 Å². The SMILES string of the molecule is CC(=O)OC[C@H]1O[C@@H](n2cnc3c(Cl)nc(N)nc32)[C@@](O)(C(C)=O)[C@@]1(O)C(C)=O. The average molecular weight is 428 g/mol. The number of hydrogen-bond acceptors (Lipinski definition) is 11. The van der Waals surface area contributed by atoms with Crippen molar-refractivity contribution in [3.63, 3.8) is 0 Å². The van der Waals surface area contributed by atoms with Crippen LogP contribution in [-0.4, -0.2) is 71.2 Å². The Bertz CT molecular complexity index is 1030. The van der Waals surface area contributed by atoms with E-state index in [1.165, 1.54) is 0 Å². The third-order valence-electron chi connectivity index (χ3n) is 4.86. The molecule has 0 amide bonds. The van der Waals surface area contributed by atoms with Gasteiger partial charge in [-0.05, 0) is 13.8 Å². The molecular weight excluding hydrogens is 410 g/mol. The first kappa shape index (κ1) is 21.0. The van der Waals surface area contributed by atoms with Crippen LogP contribution in [0.2, 0.25) is 5.15 Å². The summed E-state index contributed by atoms with van der Waals surface area (Å²) in [5.74, 6) is -2.87. The lowest BCUT2D eigenvalue weighted by molar-refractivity contribution is -0.182. The van der Waals surface area contributed by atoms with Crippen LogP contribution in [0, 0.1) is 0 Å². The first-order valence-corrected chi connectivity index (χ1v) is 8.73. The van der Waals surface area contributed by atoms with Gasteiger partial charge >= 0.3 is 5.97 Å². The number of ether oxygens (including phenoxy) is 2. The second kappa shape index (κ2) is 6.99. The maximum absolute atomic E-state index is 12.5. The molecule has 0 spiro atoms. The molecule has 0 saturated carbocycles. The van der Waals surface area contributed by atoms with Crippen LogP contribution in [0.3, 0.4) is 0 Å². The summed E-state index contributed by atoms with van der Waals surface area (Å²) in [5.41, 5.74) is 0.205. The summed E-state index contributed by atoms with van der Waals surface area (Å²) < 4.78 is 11.6. The standard InChI is InChI=1S/C16H18ClN5O7/c1-6(23)15(26)9(4-28-8(3)25)29-13(16(15,27)7(2)24)22-5-19-10-11(17)20-14(18)21-12(10)22/h5,9,13,26-27H,4H2,1-3H3,(H2,18,20,21)/t9-,13-,15-,16+/m1/s1. The van der Waals surface area contributed by atoms with Gasteiger partial charge in [0.15, 0.2) is 34.2 Å². The molecule has 4 N–H and O–H groups in total. The number of Topliss-reactive ketones (excluding diaryl/α,β-unsaturated/α-hetero) is 2. The van der Waals surface area contributed by atoms with Crippen molar-refractivity contribution in [1.29, 1.82) is 0 Å². The predicted octanol–water partition coefficient (Wildman–Crippen LogP) is -0.837. The number of nitrogen functional groups attached to an aromatic ring is 1. The second-order valence-corrected chi connectivity index (χ2v) is 6.98. The van der Waals surface area contributed by atoms with Crippen molar-refractivity contribution in [1.82, 2.24) is 19.5 Å². The molecule has 3 heterocycles. The summed E-state index contributed by atoms with van der Waals surface area (Å²) in [4.78, 5) is 47.8. The van der Waals surface area contributed by atoms with Crippen molar-refractivity contribution < 1.29 is 34.1 Å². The molecule has 12 nitrogen and oxygen atoms in total. The van der Waals surface area contributed by atoms with Crippen molar-refractivity contribution in [3.8, 4) is 0 Å². The predicted molar refractivity (Wildman–Crippen MR) is 96.6 cm³/mol. The van der Waals surface area contributed by atoms with E-state index in [-0.39, 0.29) is 22.3 Å². The summed E-state index contributed by atoms with van der Waals surface area (Å²) in [7, 11) is 0. The molecule has 0 radical (unpaired) electrons. The van der Waals surface area contributed by atoms with Crippen LogP contribution in [0.4, 0.5) is 5.95 Å². The Morgan fingerprint density at radius 2 is 1.86 bits per heavy atom. The van der Waals surface area contributed by atoms with E-state index in [0.29, 0.717) is 0 Å². The van der Waals surface area contributed by atoms with Gasteiger partial charge in [0.2, 0.25) is 11.5 Å². The van der Waals surface area contributed by atoms with E-state index >= 15 is 0 Å². The van der Waals surface area contributed by atoms with Crippen LogP contribution in [-0.2, 0) is 23.9 Å². The van der Waals surface area contributed by atoms with Gasteiger partial charge < -0.3 is 25.4 Å². The van der Waals surface area contributed by atoms with Gasteiger partial charge in [-0.2, -0.15) is 9.97 Å². The Kier molecular flexibility index (Phi) is 5.07. The van der Waals surface area contributed by atoms with Gasteiger partial charge in [-0.15, -0.1) is 0 Å². The fourth-order valence-electron chi connectivity index (χ4n) is 3.41. The van der Waals surface area contributed by atoms with Crippen molar-refractivity contribution >= 4 is 46.2 Å². The molecule has 2 aromatic rings. The van der Waals surface area contributed by atoms with Gasteiger partial charge in [0.05, 0.1) is 6.33 Å². The molecule has 0 aliphatic carbocycles. The molecule has 1 fully saturated rings. The van der Waals surface area contributed by atoms with E-state index in [1.54, 1.807) is 0 Å². The first-order valence-electron chi connectivity index (χ1n) is 8.35. The summed E-state index contributed by atoms with van der Waals surface area (Å²) in [6.07, 6.45) is -2.09. The summed E-state index contributed by atoms with van der Waals surface area (Å²) in [5, 5.41) is 22.3. The molecule has 3 rings (SSSR count). The van der Waals surface area contributed by atoms with Crippen LogP contribution in [0.5, 0.6) is 0 Å². The van der Waals surface area contributed by atoms with E-state index < -0.39 is 47.7 Å². The molecule has 1 aliphatic rings. The third-order valence-corrected chi connectivity index (χ3v) is 5.12. The lowest BCUT2D eigenvalue weighted by atomic mass is 9.75. The average Bonchev–Trinajstić information content (AvgIpc) is 3.12. The molecule has 4 atom stereocenters. The molecule has 29 heavy (non-hydrogen) atoms. The highest BCUT2D eigenvalue weighted by atomic mass is 35.5. The number of carbonyl (C=O) groups is 3. The zero-order valence-electron chi connectivity index (χ0n) is 15.6. The molecule has 0 bridgehead atoms. The number of fused-ring (bicyclic) bond motifs is 1.